The molecule has 0 N–H and O–H groups in total. The minimum atomic E-state index is -0.388. The Morgan fingerprint density at radius 2 is 1.58 bits per heavy atom. The highest BCUT2D eigenvalue weighted by Crippen LogP contribution is 2.33. The fourth-order valence-electron chi connectivity index (χ4n) is 2.82. The number of para-hydroxylation sites is 1. The van der Waals surface area contributed by atoms with Gasteiger partial charge >= 0.3 is 0 Å². The molecule has 1 aliphatic heterocycles. The number of benzene rings is 2. The van der Waals surface area contributed by atoms with Gasteiger partial charge in [-0.2, -0.15) is 0 Å². The average molecular weight is 324 g/mol. The summed E-state index contributed by atoms with van der Waals surface area (Å²) in [5.74, 6) is -1.08. The number of rotatable bonds is 4. The summed E-state index contributed by atoms with van der Waals surface area (Å²) in [5, 5.41) is 0. The van der Waals surface area contributed by atoms with Gasteiger partial charge in [-0.1, -0.05) is 30.3 Å². The molecule has 0 radical (unpaired) electrons. The van der Waals surface area contributed by atoms with Gasteiger partial charge in [0, 0.05) is 19.3 Å². The van der Waals surface area contributed by atoms with Gasteiger partial charge in [-0.05, 0) is 36.8 Å². The summed E-state index contributed by atoms with van der Waals surface area (Å²) in [4.78, 5) is 28.4. The SMILES string of the molecule is CCN1C(=O)C(c2ccc(F)cc2)=C(N(C)c2ccccc2)C1=O. The fraction of sp³-hybridized carbons (Fsp3) is 0.158. The van der Waals surface area contributed by atoms with E-state index in [1.165, 1.54) is 29.2 Å². The minimum Gasteiger partial charge on any atom is -0.339 e. The molecule has 4 nitrogen and oxygen atoms in total. The quantitative estimate of drug-likeness (QED) is 0.812. The first-order valence-electron chi connectivity index (χ1n) is 7.69. The lowest BCUT2D eigenvalue weighted by Crippen LogP contribution is -2.33. The topological polar surface area (TPSA) is 40.6 Å². The molecule has 0 atom stereocenters. The summed E-state index contributed by atoms with van der Waals surface area (Å²) in [7, 11) is 1.75. The number of likely N-dealkylation sites (N-methyl/N-ethyl adjacent to an activating group) is 2. The van der Waals surface area contributed by atoms with Crippen LogP contribution >= 0.6 is 0 Å². The highest BCUT2D eigenvalue weighted by atomic mass is 19.1. The van der Waals surface area contributed by atoms with Gasteiger partial charge in [0.2, 0.25) is 0 Å². The van der Waals surface area contributed by atoms with Gasteiger partial charge in [-0.3, -0.25) is 14.5 Å². The summed E-state index contributed by atoms with van der Waals surface area (Å²) >= 11 is 0. The van der Waals surface area contributed by atoms with Gasteiger partial charge in [0.25, 0.3) is 11.8 Å². The predicted octanol–water partition coefficient (Wildman–Crippen LogP) is 3.06. The molecule has 0 saturated heterocycles. The molecule has 0 unspecified atom stereocenters. The number of hydrogen-bond donors (Lipinski definition) is 0. The van der Waals surface area contributed by atoms with Crippen molar-refractivity contribution in [2.75, 3.05) is 18.5 Å². The van der Waals surface area contributed by atoms with E-state index >= 15 is 0 Å². The third kappa shape index (κ3) is 2.58. The number of halogens is 1. The molecule has 24 heavy (non-hydrogen) atoms. The molecule has 0 aromatic heterocycles. The number of imide groups is 1. The minimum absolute atomic E-state index is 0.286. The first-order valence-corrected chi connectivity index (χ1v) is 7.69. The summed E-state index contributed by atoms with van der Waals surface area (Å²) in [5.41, 5.74) is 1.93. The van der Waals surface area contributed by atoms with Crippen LogP contribution in [-0.2, 0) is 9.59 Å². The molecule has 2 amide bonds. The van der Waals surface area contributed by atoms with Crippen molar-refractivity contribution in [1.29, 1.82) is 0 Å². The fourth-order valence-corrected chi connectivity index (χ4v) is 2.82. The average Bonchev–Trinajstić information content (AvgIpc) is 2.86. The smallest absolute Gasteiger partial charge is 0.278 e. The number of anilines is 1. The Labute approximate surface area is 139 Å². The Morgan fingerprint density at radius 3 is 2.17 bits per heavy atom. The van der Waals surface area contributed by atoms with E-state index in [9.17, 15) is 14.0 Å². The molecule has 2 aromatic rings. The molecule has 2 aromatic carbocycles. The van der Waals surface area contributed by atoms with Gasteiger partial charge < -0.3 is 4.90 Å². The van der Waals surface area contributed by atoms with Gasteiger partial charge in [0.1, 0.15) is 11.5 Å². The highest BCUT2D eigenvalue weighted by Gasteiger charge is 2.40. The van der Waals surface area contributed by atoms with E-state index in [0.29, 0.717) is 16.8 Å². The zero-order valence-corrected chi connectivity index (χ0v) is 13.5. The number of nitrogens with zero attached hydrogens (tertiary/aromatic N) is 2. The van der Waals surface area contributed by atoms with E-state index in [1.807, 2.05) is 30.3 Å². The van der Waals surface area contributed by atoms with E-state index < -0.39 is 0 Å². The first kappa shape index (κ1) is 15.9. The molecule has 122 valence electrons. The third-order valence-corrected chi connectivity index (χ3v) is 4.07. The van der Waals surface area contributed by atoms with Crippen LogP contribution in [-0.4, -0.2) is 30.3 Å². The van der Waals surface area contributed by atoms with Gasteiger partial charge in [-0.25, -0.2) is 4.39 Å². The van der Waals surface area contributed by atoms with Gasteiger partial charge in [0.15, 0.2) is 0 Å². The van der Waals surface area contributed by atoms with E-state index in [0.717, 1.165) is 5.69 Å². The lowest BCUT2D eigenvalue weighted by Gasteiger charge is -2.21. The zero-order chi connectivity index (χ0) is 17.3. The van der Waals surface area contributed by atoms with Crippen LogP contribution in [0.1, 0.15) is 12.5 Å². The second-order valence-corrected chi connectivity index (χ2v) is 5.48. The van der Waals surface area contributed by atoms with Crippen LogP contribution in [0.3, 0.4) is 0 Å². The monoisotopic (exact) mass is 324 g/mol. The number of hydrogen-bond acceptors (Lipinski definition) is 3. The Balaban J connectivity index is 2.16. The van der Waals surface area contributed by atoms with Crippen molar-refractivity contribution >= 4 is 23.1 Å². The summed E-state index contributed by atoms with van der Waals surface area (Å²) in [6.07, 6.45) is 0. The van der Waals surface area contributed by atoms with Crippen molar-refractivity contribution in [3.8, 4) is 0 Å². The molecule has 3 rings (SSSR count). The lowest BCUT2D eigenvalue weighted by atomic mass is 10.0. The standard InChI is InChI=1S/C19H17FN2O2/c1-3-22-18(23)16(13-9-11-14(20)12-10-13)17(19(22)24)21(2)15-7-5-4-6-8-15/h4-12H,3H2,1-2H3. The van der Waals surface area contributed by atoms with Crippen LogP contribution in [0.4, 0.5) is 10.1 Å². The molecule has 1 heterocycles. The van der Waals surface area contributed by atoms with E-state index in [1.54, 1.807) is 18.9 Å². The Kier molecular flexibility index (Phi) is 4.16. The Bertz CT molecular complexity index is 813. The van der Waals surface area contributed by atoms with Crippen LogP contribution in [0.15, 0.2) is 60.3 Å². The maximum atomic E-state index is 13.2. The molecule has 5 heteroatoms. The number of carbonyl (C=O) groups excluding carboxylic acids is 2. The molecule has 0 aliphatic carbocycles. The molecule has 1 aliphatic rings. The van der Waals surface area contributed by atoms with Crippen molar-refractivity contribution in [2.24, 2.45) is 0 Å². The summed E-state index contributed by atoms with van der Waals surface area (Å²) < 4.78 is 13.2. The number of carbonyl (C=O) groups is 2. The molecule has 0 saturated carbocycles. The maximum Gasteiger partial charge on any atom is 0.278 e. The highest BCUT2D eigenvalue weighted by molar-refractivity contribution is 6.36. The molecule has 0 bridgehead atoms. The van der Waals surface area contributed by atoms with Gasteiger partial charge in [-0.15, -0.1) is 0 Å². The molecular formula is C19H17FN2O2. The van der Waals surface area contributed by atoms with E-state index in [-0.39, 0.29) is 24.2 Å². The second kappa shape index (κ2) is 6.28. The van der Waals surface area contributed by atoms with Gasteiger partial charge in [0.05, 0.1) is 5.57 Å². The first-order chi connectivity index (χ1) is 11.5. The zero-order valence-electron chi connectivity index (χ0n) is 13.5. The van der Waals surface area contributed by atoms with E-state index in [2.05, 4.69) is 0 Å². The predicted molar refractivity (Wildman–Crippen MR) is 90.6 cm³/mol. The van der Waals surface area contributed by atoms with Crippen molar-refractivity contribution < 1.29 is 14.0 Å². The van der Waals surface area contributed by atoms with Crippen molar-refractivity contribution in [1.82, 2.24) is 4.90 Å². The van der Waals surface area contributed by atoms with Crippen molar-refractivity contribution in [3.63, 3.8) is 0 Å². The summed E-state index contributed by atoms with van der Waals surface area (Å²) in [6, 6.07) is 15.0. The van der Waals surface area contributed by atoms with Crippen LogP contribution in [0, 0.1) is 5.82 Å². The molecular weight excluding hydrogens is 307 g/mol. The second-order valence-electron chi connectivity index (χ2n) is 5.48. The van der Waals surface area contributed by atoms with Crippen molar-refractivity contribution in [3.05, 3.63) is 71.7 Å². The van der Waals surface area contributed by atoms with Crippen LogP contribution in [0.2, 0.25) is 0 Å². The molecule has 0 spiro atoms. The third-order valence-electron chi connectivity index (χ3n) is 4.07. The Morgan fingerprint density at radius 1 is 0.958 bits per heavy atom. The van der Waals surface area contributed by atoms with Crippen LogP contribution < -0.4 is 4.90 Å². The molecule has 0 fully saturated rings. The van der Waals surface area contributed by atoms with Crippen LogP contribution in [0.5, 0.6) is 0 Å². The lowest BCUT2D eigenvalue weighted by molar-refractivity contribution is -0.136. The normalized spacial score (nSPS) is 14.5. The number of amides is 2. The Hall–Kier alpha value is -2.95. The van der Waals surface area contributed by atoms with Crippen LogP contribution in [0.25, 0.3) is 5.57 Å². The van der Waals surface area contributed by atoms with E-state index in [4.69, 9.17) is 0 Å². The maximum absolute atomic E-state index is 13.2. The summed E-state index contributed by atoms with van der Waals surface area (Å²) in [6.45, 7) is 2.04. The van der Waals surface area contributed by atoms with Crippen molar-refractivity contribution in [2.45, 2.75) is 6.92 Å². The largest absolute Gasteiger partial charge is 0.339 e.